The molecule has 1 N–H and O–H groups in total. The molecule has 1 aromatic carbocycles. The van der Waals surface area contributed by atoms with Gasteiger partial charge in [-0.05, 0) is 43.5 Å². The number of para-hydroxylation sites is 1. The van der Waals surface area contributed by atoms with Gasteiger partial charge < -0.3 is 10.1 Å². The van der Waals surface area contributed by atoms with Gasteiger partial charge in [-0.15, -0.1) is 11.3 Å². The van der Waals surface area contributed by atoms with Gasteiger partial charge in [0.05, 0.1) is 23.9 Å². The van der Waals surface area contributed by atoms with Gasteiger partial charge in [0.2, 0.25) is 0 Å². The van der Waals surface area contributed by atoms with Gasteiger partial charge >= 0.3 is 5.97 Å². The Morgan fingerprint density at radius 3 is 2.86 bits per heavy atom. The predicted molar refractivity (Wildman–Crippen MR) is 114 cm³/mol. The highest BCUT2D eigenvalue weighted by atomic mass is 32.1. The Labute approximate surface area is 172 Å². The minimum absolute atomic E-state index is 0.313. The number of rotatable bonds is 7. The summed E-state index contributed by atoms with van der Waals surface area (Å²) in [5.74, 6) is 0.419. The lowest BCUT2D eigenvalue weighted by Crippen LogP contribution is -2.07. The molecule has 0 saturated carbocycles. The van der Waals surface area contributed by atoms with E-state index in [0.29, 0.717) is 18.0 Å². The zero-order valence-electron chi connectivity index (χ0n) is 16.3. The first-order valence-corrected chi connectivity index (χ1v) is 10.2. The molecule has 4 rings (SSSR count). The maximum absolute atomic E-state index is 12.2. The smallest absolute Gasteiger partial charge is 0.348 e. The van der Waals surface area contributed by atoms with Crippen LogP contribution in [0.3, 0.4) is 0 Å². The Bertz CT molecular complexity index is 1140. The summed E-state index contributed by atoms with van der Waals surface area (Å²) in [5.41, 5.74) is 3.01. The van der Waals surface area contributed by atoms with Crippen LogP contribution >= 0.6 is 11.3 Å². The lowest BCUT2D eigenvalue weighted by molar-refractivity contribution is 0.0531. The normalized spacial score (nSPS) is 11.0. The van der Waals surface area contributed by atoms with E-state index >= 15 is 0 Å². The van der Waals surface area contributed by atoms with Crippen LogP contribution in [0.15, 0.2) is 49.1 Å². The third-order valence-corrected chi connectivity index (χ3v) is 5.73. The molecule has 0 fully saturated rings. The quantitative estimate of drug-likeness (QED) is 0.466. The number of fused-ring (bicyclic) bond motifs is 1. The summed E-state index contributed by atoms with van der Waals surface area (Å²) in [6, 6.07) is 10.0. The first-order chi connectivity index (χ1) is 14.2. The molecule has 7 nitrogen and oxygen atoms in total. The Hall–Kier alpha value is -3.26. The van der Waals surface area contributed by atoms with Gasteiger partial charge in [0.1, 0.15) is 21.9 Å². The third kappa shape index (κ3) is 3.97. The van der Waals surface area contributed by atoms with Crippen LogP contribution in [0.25, 0.3) is 15.9 Å². The van der Waals surface area contributed by atoms with Gasteiger partial charge in [-0.1, -0.05) is 18.2 Å². The molecule has 0 aliphatic carbocycles. The van der Waals surface area contributed by atoms with Crippen LogP contribution in [0, 0.1) is 6.92 Å². The number of hydrogen-bond acceptors (Lipinski definition) is 7. The molecule has 0 unspecified atom stereocenters. The Morgan fingerprint density at radius 1 is 1.24 bits per heavy atom. The number of anilines is 1. The average molecular weight is 407 g/mol. The van der Waals surface area contributed by atoms with Crippen molar-refractivity contribution in [2.24, 2.45) is 0 Å². The molecule has 148 valence electrons. The highest BCUT2D eigenvalue weighted by Crippen LogP contribution is 2.33. The van der Waals surface area contributed by atoms with Crippen molar-refractivity contribution >= 4 is 33.3 Å². The van der Waals surface area contributed by atoms with Gasteiger partial charge in [0, 0.05) is 12.7 Å². The molecule has 0 spiro atoms. The van der Waals surface area contributed by atoms with E-state index < -0.39 is 0 Å². The number of carbonyl (C=O) groups is 1. The van der Waals surface area contributed by atoms with Crippen molar-refractivity contribution in [3.05, 3.63) is 65.1 Å². The van der Waals surface area contributed by atoms with Crippen LogP contribution in [-0.4, -0.2) is 38.9 Å². The first kappa shape index (κ1) is 19.1. The molecule has 0 bridgehead atoms. The SMILES string of the molecule is CCOC(=O)c1sc2ncnc(NCCc3cnn(-c4ccccc4)c3)c2c1C. The Morgan fingerprint density at radius 2 is 2.07 bits per heavy atom. The molecular formula is C21H21N5O2S. The topological polar surface area (TPSA) is 81.9 Å². The summed E-state index contributed by atoms with van der Waals surface area (Å²) >= 11 is 1.34. The van der Waals surface area contributed by atoms with E-state index in [1.54, 1.807) is 6.92 Å². The fourth-order valence-electron chi connectivity index (χ4n) is 3.13. The largest absolute Gasteiger partial charge is 0.462 e. The minimum Gasteiger partial charge on any atom is -0.462 e. The second kappa shape index (κ2) is 8.40. The minimum atomic E-state index is -0.313. The second-order valence-electron chi connectivity index (χ2n) is 6.48. The summed E-state index contributed by atoms with van der Waals surface area (Å²) in [5, 5.41) is 8.68. The number of esters is 1. The molecular weight excluding hydrogens is 386 g/mol. The molecule has 0 radical (unpaired) electrons. The molecule has 0 atom stereocenters. The van der Waals surface area contributed by atoms with E-state index in [9.17, 15) is 4.79 Å². The maximum Gasteiger partial charge on any atom is 0.348 e. The summed E-state index contributed by atoms with van der Waals surface area (Å²) in [7, 11) is 0. The van der Waals surface area contributed by atoms with E-state index in [4.69, 9.17) is 4.74 Å². The van der Waals surface area contributed by atoms with Crippen molar-refractivity contribution in [3.63, 3.8) is 0 Å². The highest BCUT2D eigenvalue weighted by molar-refractivity contribution is 7.20. The van der Waals surface area contributed by atoms with Gasteiger partial charge in [0.15, 0.2) is 0 Å². The van der Waals surface area contributed by atoms with E-state index in [1.807, 2.05) is 54.3 Å². The fraction of sp³-hybridized carbons (Fsp3) is 0.238. The summed E-state index contributed by atoms with van der Waals surface area (Å²) in [6.45, 7) is 4.74. The molecule has 3 heterocycles. The number of hydrogen-bond donors (Lipinski definition) is 1. The van der Waals surface area contributed by atoms with Gasteiger partial charge in [-0.25, -0.2) is 19.4 Å². The maximum atomic E-state index is 12.2. The molecule has 8 heteroatoms. The zero-order chi connectivity index (χ0) is 20.2. The van der Waals surface area contributed by atoms with Crippen molar-refractivity contribution in [1.82, 2.24) is 19.7 Å². The molecule has 0 amide bonds. The number of carbonyl (C=O) groups excluding carboxylic acids is 1. The lowest BCUT2D eigenvalue weighted by atomic mass is 10.2. The fourth-order valence-corrected chi connectivity index (χ4v) is 4.18. The number of nitrogens with one attached hydrogen (secondary N) is 1. The van der Waals surface area contributed by atoms with Crippen LogP contribution in [0.5, 0.6) is 0 Å². The standard InChI is InChI=1S/C21H21N5O2S/c1-3-28-21(27)18-14(2)17-19(23-13-24-20(17)29-18)22-10-9-15-11-25-26(12-15)16-7-5-4-6-8-16/h4-8,11-13H,3,9-10H2,1-2H3,(H,22,23,24). The number of aryl methyl sites for hydroxylation is 1. The van der Waals surface area contributed by atoms with E-state index in [1.165, 1.54) is 17.7 Å². The Kier molecular flexibility index (Phi) is 5.53. The summed E-state index contributed by atoms with van der Waals surface area (Å²) in [4.78, 5) is 22.2. The van der Waals surface area contributed by atoms with E-state index in [0.717, 1.165) is 39.3 Å². The van der Waals surface area contributed by atoms with Crippen LogP contribution in [-0.2, 0) is 11.2 Å². The van der Waals surface area contributed by atoms with Gasteiger partial charge in [-0.3, -0.25) is 0 Å². The van der Waals surface area contributed by atoms with Crippen LogP contribution < -0.4 is 5.32 Å². The molecule has 4 aromatic rings. The third-order valence-electron chi connectivity index (χ3n) is 4.55. The van der Waals surface area contributed by atoms with Crippen molar-refractivity contribution in [2.45, 2.75) is 20.3 Å². The molecule has 3 aromatic heterocycles. The molecule has 0 aliphatic rings. The first-order valence-electron chi connectivity index (χ1n) is 9.41. The van der Waals surface area contributed by atoms with Crippen molar-refractivity contribution < 1.29 is 9.53 Å². The van der Waals surface area contributed by atoms with Crippen LogP contribution in [0.1, 0.15) is 27.7 Å². The average Bonchev–Trinajstić information content (AvgIpc) is 3.34. The molecule has 0 saturated heterocycles. The van der Waals surface area contributed by atoms with E-state index in [2.05, 4.69) is 20.4 Å². The molecule has 29 heavy (non-hydrogen) atoms. The Balaban J connectivity index is 1.48. The summed E-state index contributed by atoms with van der Waals surface area (Å²) in [6.07, 6.45) is 6.22. The number of benzene rings is 1. The number of aromatic nitrogens is 4. The van der Waals surface area contributed by atoms with Crippen molar-refractivity contribution in [2.75, 3.05) is 18.5 Å². The second-order valence-corrected chi connectivity index (χ2v) is 7.48. The monoisotopic (exact) mass is 407 g/mol. The zero-order valence-corrected chi connectivity index (χ0v) is 17.1. The van der Waals surface area contributed by atoms with Crippen LogP contribution in [0.4, 0.5) is 5.82 Å². The number of thiophene rings is 1. The molecule has 0 aliphatic heterocycles. The van der Waals surface area contributed by atoms with Gasteiger partial charge in [0.25, 0.3) is 0 Å². The highest BCUT2D eigenvalue weighted by Gasteiger charge is 2.20. The number of ether oxygens (including phenoxy) is 1. The van der Waals surface area contributed by atoms with Gasteiger partial charge in [-0.2, -0.15) is 5.10 Å². The lowest BCUT2D eigenvalue weighted by Gasteiger charge is -2.06. The van der Waals surface area contributed by atoms with Crippen molar-refractivity contribution in [3.8, 4) is 5.69 Å². The number of nitrogens with zero attached hydrogens (tertiary/aromatic N) is 4. The van der Waals surface area contributed by atoms with E-state index in [-0.39, 0.29) is 5.97 Å². The summed E-state index contributed by atoms with van der Waals surface area (Å²) < 4.78 is 7.02. The van der Waals surface area contributed by atoms with Crippen molar-refractivity contribution in [1.29, 1.82) is 0 Å². The predicted octanol–water partition coefficient (Wildman–Crippen LogP) is 4.02. The van der Waals surface area contributed by atoms with Crippen LogP contribution in [0.2, 0.25) is 0 Å².